The smallest absolute Gasteiger partial charge is 0.282 e. The Kier molecular flexibility index (Phi) is 3.48. The lowest BCUT2D eigenvalue weighted by Crippen LogP contribution is -3.12. The Balaban J connectivity index is 1.87. The van der Waals surface area contributed by atoms with Crippen LogP contribution in [0.15, 0.2) is 12.1 Å². The van der Waals surface area contributed by atoms with Crippen LogP contribution in [0, 0.1) is 10.1 Å². The lowest BCUT2D eigenvalue weighted by atomic mass is 10.1. The number of nitro benzene ring substituents is 1. The summed E-state index contributed by atoms with van der Waals surface area (Å²) in [7, 11) is 0. The van der Waals surface area contributed by atoms with Gasteiger partial charge in [0.25, 0.3) is 5.69 Å². The van der Waals surface area contributed by atoms with E-state index in [0.717, 1.165) is 30.2 Å². The molecule has 0 aliphatic carbocycles. The molecule has 1 saturated heterocycles. The van der Waals surface area contributed by atoms with Crippen molar-refractivity contribution in [1.29, 1.82) is 0 Å². The molecule has 1 aromatic carbocycles. The number of benzene rings is 1. The minimum absolute atomic E-state index is 0.134. The standard InChI is InChI=1S/C12H14N2O4S/c15-14(16)10-6-12-11(17-8-18-12)5-9(10)7-13-1-3-19-4-2-13/h5-6H,1-4,7-8H2/p+1. The van der Waals surface area contributed by atoms with Crippen LogP contribution >= 0.6 is 11.8 Å². The second-order valence-electron chi connectivity index (χ2n) is 4.63. The minimum Gasteiger partial charge on any atom is -0.454 e. The fraction of sp³-hybridized carbons (Fsp3) is 0.500. The van der Waals surface area contributed by atoms with E-state index in [1.165, 1.54) is 11.0 Å². The van der Waals surface area contributed by atoms with Crippen LogP contribution in [0.25, 0.3) is 0 Å². The quantitative estimate of drug-likeness (QED) is 0.644. The molecule has 2 heterocycles. The van der Waals surface area contributed by atoms with Crippen LogP contribution < -0.4 is 14.4 Å². The Labute approximate surface area is 114 Å². The molecule has 2 aliphatic rings. The summed E-state index contributed by atoms with van der Waals surface area (Å²) in [6.45, 7) is 2.92. The lowest BCUT2D eigenvalue weighted by molar-refractivity contribution is -0.910. The summed E-state index contributed by atoms with van der Waals surface area (Å²) in [4.78, 5) is 12.2. The molecule has 1 fully saturated rings. The SMILES string of the molecule is O=[N+]([O-])c1cc2c(cc1C[NH+]1CCSCC1)OCO2. The predicted molar refractivity (Wildman–Crippen MR) is 70.9 cm³/mol. The summed E-state index contributed by atoms with van der Waals surface area (Å²) in [5.74, 6) is 3.33. The summed E-state index contributed by atoms with van der Waals surface area (Å²) in [6.07, 6.45) is 0. The van der Waals surface area contributed by atoms with Crippen LogP contribution in [0.4, 0.5) is 5.69 Å². The average Bonchev–Trinajstić information content (AvgIpc) is 2.86. The zero-order chi connectivity index (χ0) is 13.2. The van der Waals surface area contributed by atoms with Crippen molar-refractivity contribution < 1.29 is 19.3 Å². The number of quaternary nitrogens is 1. The Bertz CT molecular complexity index is 503. The van der Waals surface area contributed by atoms with Gasteiger partial charge in [0.05, 0.1) is 29.6 Å². The van der Waals surface area contributed by atoms with Gasteiger partial charge in [0.15, 0.2) is 11.5 Å². The molecule has 0 spiro atoms. The number of nitrogens with one attached hydrogen (secondary N) is 1. The third-order valence-electron chi connectivity index (χ3n) is 3.41. The van der Waals surface area contributed by atoms with E-state index in [1.54, 1.807) is 6.07 Å². The third-order valence-corrected chi connectivity index (χ3v) is 4.40. The Hall–Kier alpha value is -1.47. The molecule has 0 amide bonds. The van der Waals surface area contributed by atoms with Crippen LogP contribution in [0.3, 0.4) is 0 Å². The van der Waals surface area contributed by atoms with E-state index in [0.29, 0.717) is 18.0 Å². The average molecular weight is 283 g/mol. The highest BCUT2D eigenvalue weighted by Crippen LogP contribution is 2.37. The van der Waals surface area contributed by atoms with Gasteiger partial charge in [-0.05, 0) is 6.07 Å². The summed E-state index contributed by atoms with van der Waals surface area (Å²) in [5.41, 5.74) is 0.867. The monoisotopic (exact) mass is 283 g/mol. The van der Waals surface area contributed by atoms with Crippen LogP contribution in [0.5, 0.6) is 11.5 Å². The van der Waals surface area contributed by atoms with Gasteiger partial charge in [-0.15, -0.1) is 0 Å². The van der Waals surface area contributed by atoms with Gasteiger partial charge in [-0.1, -0.05) is 0 Å². The number of thioether (sulfide) groups is 1. The minimum atomic E-state index is -0.338. The fourth-order valence-corrected chi connectivity index (χ4v) is 3.46. The Morgan fingerprint density at radius 3 is 2.63 bits per heavy atom. The highest BCUT2D eigenvalue weighted by molar-refractivity contribution is 7.99. The first-order valence-electron chi connectivity index (χ1n) is 6.22. The molecule has 1 N–H and O–H groups in total. The molecule has 1 aromatic rings. The van der Waals surface area contributed by atoms with Crippen molar-refractivity contribution in [3.63, 3.8) is 0 Å². The zero-order valence-corrected chi connectivity index (χ0v) is 11.2. The maximum Gasteiger partial charge on any atom is 0.282 e. The first-order valence-corrected chi connectivity index (χ1v) is 7.38. The van der Waals surface area contributed by atoms with E-state index < -0.39 is 0 Å². The van der Waals surface area contributed by atoms with Crippen LogP contribution in [-0.2, 0) is 6.54 Å². The molecule has 19 heavy (non-hydrogen) atoms. The molecule has 0 unspecified atom stereocenters. The number of nitrogens with zero attached hydrogens (tertiary/aromatic N) is 1. The molecule has 0 atom stereocenters. The molecule has 102 valence electrons. The second-order valence-corrected chi connectivity index (χ2v) is 5.86. The van der Waals surface area contributed by atoms with Gasteiger partial charge < -0.3 is 14.4 Å². The molecule has 3 rings (SSSR count). The molecule has 7 heteroatoms. The summed E-state index contributed by atoms with van der Waals surface area (Å²) >= 11 is 1.94. The molecule has 0 saturated carbocycles. The highest BCUT2D eigenvalue weighted by Gasteiger charge is 2.26. The summed E-state index contributed by atoms with van der Waals surface area (Å²) in [5, 5.41) is 11.2. The number of fused-ring (bicyclic) bond motifs is 1. The highest BCUT2D eigenvalue weighted by atomic mass is 32.2. The van der Waals surface area contributed by atoms with E-state index >= 15 is 0 Å². The van der Waals surface area contributed by atoms with Crippen molar-refractivity contribution in [2.24, 2.45) is 0 Å². The van der Waals surface area contributed by atoms with E-state index in [4.69, 9.17) is 9.47 Å². The maximum absolute atomic E-state index is 11.2. The van der Waals surface area contributed by atoms with Crippen LogP contribution in [-0.4, -0.2) is 36.3 Å². The van der Waals surface area contributed by atoms with Gasteiger partial charge in [-0.3, -0.25) is 10.1 Å². The van der Waals surface area contributed by atoms with Crippen molar-refractivity contribution in [1.82, 2.24) is 0 Å². The Morgan fingerprint density at radius 2 is 1.95 bits per heavy atom. The number of hydrogen-bond donors (Lipinski definition) is 1. The molecule has 0 bridgehead atoms. The van der Waals surface area contributed by atoms with Crippen LogP contribution in [0.2, 0.25) is 0 Å². The topological polar surface area (TPSA) is 66.0 Å². The largest absolute Gasteiger partial charge is 0.454 e. The second kappa shape index (κ2) is 5.26. The predicted octanol–water partition coefficient (Wildman–Crippen LogP) is 0.455. The van der Waals surface area contributed by atoms with E-state index in [9.17, 15) is 10.1 Å². The van der Waals surface area contributed by atoms with E-state index in [2.05, 4.69) is 0 Å². The molecule has 6 nitrogen and oxygen atoms in total. The van der Waals surface area contributed by atoms with Crippen molar-refractivity contribution in [3.8, 4) is 11.5 Å². The van der Waals surface area contributed by atoms with Gasteiger partial charge in [-0.25, -0.2) is 0 Å². The third kappa shape index (κ3) is 2.62. The normalized spacial score (nSPS) is 18.5. The van der Waals surface area contributed by atoms with Crippen molar-refractivity contribution in [3.05, 3.63) is 27.8 Å². The first-order chi connectivity index (χ1) is 9.24. The zero-order valence-electron chi connectivity index (χ0n) is 10.4. The van der Waals surface area contributed by atoms with Gasteiger partial charge in [-0.2, -0.15) is 11.8 Å². The molecule has 0 aromatic heterocycles. The van der Waals surface area contributed by atoms with Crippen LogP contribution in [0.1, 0.15) is 5.56 Å². The number of hydrogen-bond acceptors (Lipinski definition) is 5. The fourth-order valence-electron chi connectivity index (χ4n) is 2.39. The first kappa shape index (κ1) is 12.6. The van der Waals surface area contributed by atoms with Gasteiger partial charge in [0, 0.05) is 11.5 Å². The molecular weight excluding hydrogens is 268 g/mol. The lowest BCUT2D eigenvalue weighted by Gasteiger charge is -2.23. The van der Waals surface area contributed by atoms with Gasteiger partial charge in [0.1, 0.15) is 6.54 Å². The van der Waals surface area contributed by atoms with Crippen molar-refractivity contribution >= 4 is 17.4 Å². The van der Waals surface area contributed by atoms with Gasteiger partial charge >= 0.3 is 0 Å². The van der Waals surface area contributed by atoms with E-state index in [1.807, 2.05) is 11.8 Å². The van der Waals surface area contributed by atoms with Gasteiger partial charge in [0.2, 0.25) is 6.79 Å². The van der Waals surface area contributed by atoms with E-state index in [-0.39, 0.29) is 17.4 Å². The maximum atomic E-state index is 11.2. The van der Waals surface area contributed by atoms with Crippen molar-refractivity contribution in [2.45, 2.75) is 6.54 Å². The summed E-state index contributed by atoms with van der Waals surface area (Å²) in [6, 6.07) is 3.24. The number of nitro groups is 1. The molecule has 2 aliphatic heterocycles. The number of rotatable bonds is 3. The van der Waals surface area contributed by atoms with Crippen molar-refractivity contribution in [2.75, 3.05) is 31.4 Å². The molecule has 0 radical (unpaired) electrons. The number of ether oxygens (including phenoxy) is 2. The molecular formula is C12H15N2O4S+. The summed E-state index contributed by atoms with van der Waals surface area (Å²) < 4.78 is 10.5. The Morgan fingerprint density at radius 1 is 1.26 bits per heavy atom.